The Labute approximate surface area is 118 Å². The van der Waals surface area contributed by atoms with E-state index in [1.54, 1.807) is 42.9 Å². The van der Waals surface area contributed by atoms with E-state index in [-0.39, 0.29) is 5.82 Å². The van der Waals surface area contributed by atoms with E-state index in [0.29, 0.717) is 22.7 Å². The van der Waals surface area contributed by atoms with Gasteiger partial charge in [0, 0.05) is 6.07 Å². The first-order chi connectivity index (χ1) is 10.3. The first-order valence-corrected chi connectivity index (χ1v) is 6.28. The third-order valence-electron chi connectivity index (χ3n) is 3.11. The van der Waals surface area contributed by atoms with Crippen LogP contribution in [0.1, 0.15) is 0 Å². The molecule has 4 aromatic rings. The molecule has 0 bridgehead atoms. The molecule has 21 heavy (non-hydrogen) atoms. The maximum Gasteiger partial charge on any atom is 0.176 e. The maximum atomic E-state index is 13.8. The van der Waals surface area contributed by atoms with E-state index < -0.39 is 0 Å². The van der Waals surface area contributed by atoms with Gasteiger partial charge in [-0.05, 0) is 12.1 Å². The number of rotatable bonds is 2. The summed E-state index contributed by atoms with van der Waals surface area (Å²) in [5.74, 6) is 0.702. The second-order valence-corrected chi connectivity index (χ2v) is 4.44. The predicted molar refractivity (Wildman–Crippen MR) is 74.2 cm³/mol. The number of nitrogens with one attached hydrogen (secondary N) is 1. The number of aromatic nitrogens is 6. The van der Waals surface area contributed by atoms with Crippen molar-refractivity contribution in [3.8, 4) is 17.2 Å². The van der Waals surface area contributed by atoms with Crippen molar-refractivity contribution in [3.63, 3.8) is 0 Å². The number of benzene rings is 1. The average Bonchev–Trinajstić information content (AvgIpc) is 3.16. The predicted octanol–water partition coefficient (Wildman–Crippen LogP) is 2.34. The van der Waals surface area contributed by atoms with E-state index in [1.165, 1.54) is 10.9 Å². The van der Waals surface area contributed by atoms with Gasteiger partial charge in [0.1, 0.15) is 11.6 Å². The Morgan fingerprint density at radius 2 is 1.90 bits per heavy atom. The van der Waals surface area contributed by atoms with E-state index in [1.807, 2.05) is 0 Å². The van der Waals surface area contributed by atoms with Gasteiger partial charge < -0.3 is 4.98 Å². The number of hydrogen-bond donors (Lipinski definition) is 1. The van der Waals surface area contributed by atoms with E-state index in [4.69, 9.17) is 0 Å². The van der Waals surface area contributed by atoms with E-state index in [2.05, 4.69) is 25.1 Å². The lowest BCUT2D eigenvalue weighted by Crippen LogP contribution is -2.00. The molecule has 0 saturated carbocycles. The number of hydrogen-bond acceptors (Lipinski definition) is 4. The molecule has 0 radical (unpaired) electrons. The normalized spacial score (nSPS) is 11.1. The Bertz CT molecular complexity index is 912. The third kappa shape index (κ3) is 1.95. The van der Waals surface area contributed by atoms with Gasteiger partial charge in [-0.3, -0.25) is 0 Å². The highest BCUT2D eigenvalue weighted by Gasteiger charge is 2.11. The molecule has 0 aliphatic carbocycles. The molecule has 3 heterocycles. The number of H-pyrrole nitrogens is 1. The Morgan fingerprint density at radius 1 is 1.10 bits per heavy atom. The second kappa shape index (κ2) is 4.48. The van der Waals surface area contributed by atoms with Crippen LogP contribution in [0.5, 0.6) is 0 Å². The summed E-state index contributed by atoms with van der Waals surface area (Å²) in [6, 6.07) is 8.24. The summed E-state index contributed by atoms with van der Waals surface area (Å²) in [6.07, 6.45) is 4.77. The zero-order valence-corrected chi connectivity index (χ0v) is 10.7. The van der Waals surface area contributed by atoms with Gasteiger partial charge in [-0.25, -0.2) is 14.4 Å². The SMILES string of the molecule is Fc1ccccc1-c1nc2cc(-n3nccn3)ncc2[nH]1. The van der Waals surface area contributed by atoms with Gasteiger partial charge in [-0.1, -0.05) is 12.1 Å². The molecule has 0 amide bonds. The van der Waals surface area contributed by atoms with E-state index in [9.17, 15) is 4.39 Å². The molecular weight excluding hydrogens is 271 g/mol. The van der Waals surface area contributed by atoms with Crippen molar-refractivity contribution < 1.29 is 4.39 Å². The van der Waals surface area contributed by atoms with Gasteiger partial charge in [-0.2, -0.15) is 10.2 Å². The molecule has 0 unspecified atom stereocenters. The van der Waals surface area contributed by atoms with Crippen LogP contribution in [0.25, 0.3) is 28.2 Å². The van der Waals surface area contributed by atoms with E-state index in [0.717, 1.165) is 5.52 Å². The summed E-state index contributed by atoms with van der Waals surface area (Å²) in [6.45, 7) is 0. The third-order valence-corrected chi connectivity index (χ3v) is 3.11. The quantitative estimate of drug-likeness (QED) is 0.611. The fourth-order valence-electron chi connectivity index (χ4n) is 2.12. The fraction of sp³-hybridized carbons (Fsp3) is 0. The molecular formula is C14H9FN6. The molecule has 4 rings (SSSR count). The number of nitrogens with zero attached hydrogens (tertiary/aromatic N) is 5. The molecule has 0 atom stereocenters. The van der Waals surface area contributed by atoms with Crippen LogP contribution < -0.4 is 0 Å². The molecule has 1 N–H and O–H groups in total. The second-order valence-electron chi connectivity index (χ2n) is 4.44. The van der Waals surface area contributed by atoms with Crippen LogP contribution >= 0.6 is 0 Å². The Kier molecular flexibility index (Phi) is 2.50. The summed E-state index contributed by atoms with van der Waals surface area (Å²) in [4.78, 5) is 13.1. The van der Waals surface area contributed by atoms with Gasteiger partial charge in [0.05, 0.1) is 35.2 Å². The highest BCUT2D eigenvalue weighted by Crippen LogP contribution is 2.23. The summed E-state index contributed by atoms with van der Waals surface area (Å²) in [5, 5.41) is 8.03. The zero-order chi connectivity index (χ0) is 14.2. The van der Waals surface area contributed by atoms with Crippen molar-refractivity contribution in [2.75, 3.05) is 0 Å². The lowest BCUT2D eigenvalue weighted by Gasteiger charge is -1.96. The summed E-state index contributed by atoms with van der Waals surface area (Å²) in [5.41, 5.74) is 1.83. The molecule has 102 valence electrons. The lowest BCUT2D eigenvalue weighted by atomic mass is 10.2. The minimum Gasteiger partial charge on any atom is -0.337 e. The Balaban J connectivity index is 1.85. The number of imidazole rings is 1. The smallest absolute Gasteiger partial charge is 0.176 e. The summed E-state index contributed by atoms with van der Waals surface area (Å²) in [7, 11) is 0. The van der Waals surface area contributed by atoms with Crippen molar-refractivity contribution in [2.24, 2.45) is 0 Å². The van der Waals surface area contributed by atoms with Crippen LogP contribution in [0.4, 0.5) is 4.39 Å². The number of halogens is 1. The maximum absolute atomic E-state index is 13.8. The number of aromatic amines is 1. The molecule has 0 fully saturated rings. The van der Waals surface area contributed by atoms with Crippen LogP contribution in [0.3, 0.4) is 0 Å². The number of pyridine rings is 1. The van der Waals surface area contributed by atoms with Crippen molar-refractivity contribution in [3.05, 3.63) is 54.7 Å². The van der Waals surface area contributed by atoms with Gasteiger partial charge >= 0.3 is 0 Å². The van der Waals surface area contributed by atoms with Crippen molar-refractivity contribution >= 4 is 11.0 Å². The molecule has 0 aliphatic rings. The molecule has 0 saturated heterocycles. The Morgan fingerprint density at radius 3 is 2.71 bits per heavy atom. The van der Waals surface area contributed by atoms with Crippen LogP contribution in [-0.4, -0.2) is 29.9 Å². The summed E-state index contributed by atoms with van der Waals surface area (Å²) >= 11 is 0. The number of fused-ring (bicyclic) bond motifs is 1. The lowest BCUT2D eigenvalue weighted by molar-refractivity contribution is 0.630. The van der Waals surface area contributed by atoms with Crippen LogP contribution in [0.15, 0.2) is 48.9 Å². The van der Waals surface area contributed by atoms with Crippen LogP contribution in [0, 0.1) is 5.82 Å². The van der Waals surface area contributed by atoms with Crippen molar-refractivity contribution in [1.29, 1.82) is 0 Å². The van der Waals surface area contributed by atoms with Crippen LogP contribution in [0.2, 0.25) is 0 Å². The van der Waals surface area contributed by atoms with Gasteiger partial charge in [0.2, 0.25) is 0 Å². The molecule has 3 aromatic heterocycles. The molecule has 6 nitrogen and oxygen atoms in total. The van der Waals surface area contributed by atoms with Crippen molar-refractivity contribution in [2.45, 2.75) is 0 Å². The first kappa shape index (κ1) is 11.7. The van der Waals surface area contributed by atoms with Gasteiger partial charge in [-0.15, -0.1) is 4.80 Å². The molecule has 0 aliphatic heterocycles. The largest absolute Gasteiger partial charge is 0.337 e. The first-order valence-electron chi connectivity index (χ1n) is 6.28. The molecule has 0 spiro atoms. The minimum atomic E-state index is -0.321. The standard InChI is InChI=1S/C14H9FN6/c15-10-4-2-1-3-9(10)14-19-11-7-13(16-8-12(11)20-14)21-17-5-6-18-21/h1-8H,(H,19,20). The molecule has 1 aromatic carbocycles. The summed E-state index contributed by atoms with van der Waals surface area (Å²) < 4.78 is 13.8. The van der Waals surface area contributed by atoms with Crippen LogP contribution in [-0.2, 0) is 0 Å². The van der Waals surface area contributed by atoms with Crippen molar-refractivity contribution in [1.82, 2.24) is 29.9 Å². The van der Waals surface area contributed by atoms with Gasteiger partial charge in [0.25, 0.3) is 0 Å². The topological polar surface area (TPSA) is 72.3 Å². The average molecular weight is 280 g/mol. The highest BCUT2D eigenvalue weighted by molar-refractivity contribution is 5.79. The van der Waals surface area contributed by atoms with Gasteiger partial charge in [0.15, 0.2) is 5.82 Å². The highest BCUT2D eigenvalue weighted by atomic mass is 19.1. The monoisotopic (exact) mass is 280 g/mol. The Hall–Kier alpha value is -3.09. The molecule has 7 heteroatoms. The zero-order valence-electron chi connectivity index (χ0n) is 10.7. The van der Waals surface area contributed by atoms with E-state index >= 15 is 0 Å². The minimum absolute atomic E-state index is 0.321. The fourth-order valence-corrected chi connectivity index (χ4v) is 2.12.